The average Bonchev–Trinajstić information content (AvgIpc) is 2.73. The van der Waals surface area contributed by atoms with Crippen LogP contribution >= 0.6 is 11.6 Å². The average molecular weight is 448 g/mol. The molecular formula is C22H17ClF3N3O2. The molecule has 2 amide bonds. The second-order valence-electron chi connectivity index (χ2n) is 6.45. The van der Waals surface area contributed by atoms with Crippen LogP contribution in [-0.4, -0.2) is 18.4 Å². The third kappa shape index (κ3) is 5.99. The summed E-state index contributed by atoms with van der Waals surface area (Å²) in [5, 5.41) is 8.31. The molecule has 0 fully saturated rings. The zero-order chi connectivity index (χ0) is 22.4. The van der Waals surface area contributed by atoms with E-state index in [4.69, 9.17) is 11.6 Å². The first-order valence-corrected chi connectivity index (χ1v) is 9.48. The second kappa shape index (κ2) is 9.53. The predicted molar refractivity (Wildman–Crippen MR) is 114 cm³/mol. The van der Waals surface area contributed by atoms with Gasteiger partial charge < -0.3 is 16.0 Å². The number of anilines is 3. The maximum absolute atomic E-state index is 13.1. The Morgan fingerprint density at radius 2 is 1.35 bits per heavy atom. The Balaban J connectivity index is 1.66. The molecule has 160 valence electrons. The minimum Gasteiger partial charge on any atom is -0.374 e. The summed E-state index contributed by atoms with van der Waals surface area (Å²) >= 11 is 5.82. The molecule has 0 saturated heterocycles. The highest BCUT2D eigenvalue weighted by molar-refractivity contribution is 6.30. The Kier molecular flexibility index (Phi) is 6.81. The van der Waals surface area contributed by atoms with E-state index in [1.165, 1.54) is 18.2 Å². The van der Waals surface area contributed by atoms with Crippen molar-refractivity contribution in [2.75, 3.05) is 22.5 Å². The molecule has 3 aromatic carbocycles. The summed E-state index contributed by atoms with van der Waals surface area (Å²) < 4.78 is 39.2. The van der Waals surface area contributed by atoms with E-state index in [2.05, 4.69) is 16.0 Å². The fourth-order valence-corrected chi connectivity index (χ4v) is 2.88. The molecule has 9 heteroatoms. The van der Waals surface area contributed by atoms with Crippen LogP contribution in [0.5, 0.6) is 0 Å². The van der Waals surface area contributed by atoms with Gasteiger partial charge in [-0.15, -0.1) is 0 Å². The highest BCUT2D eigenvalue weighted by Crippen LogP contribution is 2.34. The van der Waals surface area contributed by atoms with Gasteiger partial charge in [0.1, 0.15) is 0 Å². The van der Waals surface area contributed by atoms with E-state index in [1.807, 2.05) is 0 Å². The third-order valence-corrected chi connectivity index (χ3v) is 4.48. The maximum Gasteiger partial charge on any atom is 0.418 e. The van der Waals surface area contributed by atoms with Crippen molar-refractivity contribution in [1.82, 2.24) is 0 Å². The Bertz CT molecular complexity index is 1090. The number of nitrogens with one attached hydrogen (secondary N) is 3. The van der Waals surface area contributed by atoms with E-state index >= 15 is 0 Å². The highest BCUT2D eigenvalue weighted by atomic mass is 35.5. The first kappa shape index (κ1) is 22.2. The van der Waals surface area contributed by atoms with Gasteiger partial charge in [0.15, 0.2) is 0 Å². The Morgan fingerprint density at radius 1 is 0.774 bits per heavy atom. The number of benzene rings is 3. The third-order valence-electron chi connectivity index (χ3n) is 4.23. The second-order valence-corrected chi connectivity index (χ2v) is 6.89. The first-order chi connectivity index (χ1) is 14.7. The van der Waals surface area contributed by atoms with Gasteiger partial charge in [0.25, 0.3) is 5.91 Å². The molecule has 3 rings (SSSR count). The Labute approximate surface area is 181 Å². The van der Waals surface area contributed by atoms with Crippen molar-refractivity contribution in [2.24, 2.45) is 0 Å². The molecule has 0 atom stereocenters. The van der Waals surface area contributed by atoms with Gasteiger partial charge in [-0.05, 0) is 48.5 Å². The van der Waals surface area contributed by atoms with Crippen molar-refractivity contribution >= 4 is 40.5 Å². The number of carbonyl (C=O) groups is 2. The number of rotatable bonds is 6. The molecular weight excluding hydrogens is 431 g/mol. The number of para-hydroxylation sites is 3. The molecule has 3 aromatic rings. The summed E-state index contributed by atoms with van der Waals surface area (Å²) in [5.41, 5.74) is -0.0270. The summed E-state index contributed by atoms with van der Waals surface area (Å²) in [6.07, 6.45) is -4.59. The van der Waals surface area contributed by atoms with Crippen molar-refractivity contribution in [3.8, 4) is 0 Å². The molecule has 5 nitrogen and oxygen atoms in total. The van der Waals surface area contributed by atoms with Crippen molar-refractivity contribution in [3.63, 3.8) is 0 Å². The topological polar surface area (TPSA) is 70.2 Å². The molecule has 0 bridgehead atoms. The van der Waals surface area contributed by atoms with E-state index < -0.39 is 17.6 Å². The van der Waals surface area contributed by atoms with Crippen LogP contribution in [0.15, 0.2) is 72.8 Å². The van der Waals surface area contributed by atoms with E-state index in [-0.39, 0.29) is 18.1 Å². The SMILES string of the molecule is O=C(CNc1ccccc1NC(=O)c1ccc(Cl)cc1)Nc1ccccc1C(F)(F)F. The van der Waals surface area contributed by atoms with E-state index in [0.717, 1.165) is 6.07 Å². The Hall–Kier alpha value is -3.52. The molecule has 0 aliphatic heterocycles. The van der Waals surface area contributed by atoms with Crippen LogP contribution in [-0.2, 0) is 11.0 Å². The van der Waals surface area contributed by atoms with Gasteiger partial charge in [-0.2, -0.15) is 13.2 Å². The number of alkyl halides is 3. The van der Waals surface area contributed by atoms with Crippen molar-refractivity contribution in [3.05, 3.63) is 88.9 Å². The number of hydrogen-bond donors (Lipinski definition) is 3. The van der Waals surface area contributed by atoms with Crippen molar-refractivity contribution < 1.29 is 22.8 Å². The molecule has 0 saturated carbocycles. The van der Waals surface area contributed by atoms with Crippen LogP contribution in [0.3, 0.4) is 0 Å². The zero-order valence-electron chi connectivity index (χ0n) is 16.0. The number of hydrogen-bond acceptors (Lipinski definition) is 3. The number of carbonyl (C=O) groups excluding carboxylic acids is 2. The van der Waals surface area contributed by atoms with E-state index in [9.17, 15) is 22.8 Å². The number of halogens is 4. The normalized spacial score (nSPS) is 11.0. The monoisotopic (exact) mass is 447 g/mol. The zero-order valence-corrected chi connectivity index (χ0v) is 16.7. The molecule has 0 aromatic heterocycles. The summed E-state index contributed by atoms with van der Waals surface area (Å²) in [4.78, 5) is 24.6. The van der Waals surface area contributed by atoms with Gasteiger partial charge in [-0.3, -0.25) is 9.59 Å². The lowest BCUT2D eigenvalue weighted by Gasteiger charge is -2.15. The summed E-state index contributed by atoms with van der Waals surface area (Å²) in [6.45, 7) is -0.306. The van der Waals surface area contributed by atoms with E-state index in [0.29, 0.717) is 22.0 Å². The van der Waals surface area contributed by atoms with Gasteiger partial charge in [0, 0.05) is 10.6 Å². The van der Waals surface area contributed by atoms with E-state index in [1.54, 1.807) is 48.5 Å². The summed E-state index contributed by atoms with van der Waals surface area (Å²) in [7, 11) is 0. The lowest BCUT2D eigenvalue weighted by molar-refractivity contribution is -0.137. The van der Waals surface area contributed by atoms with Gasteiger partial charge >= 0.3 is 6.18 Å². The highest BCUT2D eigenvalue weighted by Gasteiger charge is 2.33. The molecule has 31 heavy (non-hydrogen) atoms. The predicted octanol–water partition coefficient (Wildman–Crippen LogP) is 5.66. The lowest BCUT2D eigenvalue weighted by Crippen LogP contribution is -2.24. The minimum atomic E-state index is -4.59. The fraction of sp³-hybridized carbons (Fsp3) is 0.0909. The van der Waals surface area contributed by atoms with Crippen LogP contribution in [0.25, 0.3) is 0 Å². The van der Waals surface area contributed by atoms with Crippen LogP contribution in [0, 0.1) is 0 Å². The maximum atomic E-state index is 13.1. The summed E-state index contributed by atoms with van der Waals surface area (Å²) in [6, 6.07) is 17.7. The van der Waals surface area contributed by atoms with Crippen LogP contribution in [0.4, 0.5) is 30.2 Å². The fourth-order valence-electron chi connectivity index (χ4n) is 2.75. The van der Waals surface area contributed by atoms with Gasteiger partial charge in [0.05, 0.1) is 29.2 Å². The van der Waals surface area contributed by atoms with Crippen LogP contribution < -0.4 is 16.0 Å². The quantitative estimate of drug-likeness (QED) is 0.456. The molecule has 0 spiro atoms. The van der Waals surface area contributed by atoms with Crippen molar-refractivity contribution in [1.29, 1.82) is 0 Å². The smallest absolute Gasteiger partial charge is 0.374 e. The molecule has 0 aliphatic rings. The number of amides is 2. The van der Waals surface area contributed by atoms with Crippen LogP contribution in [0.2, 0.25) is 5.02 Å². The molecule has 3 N–H and O–H groups in total. The van der Waals surface area contributed by atoms with Crippen LogP contribution in [0.1, 0.15) is 15.9 Å². The molecule has 0 aliphatic carbocycles. The van der Waals surface area contributed by atoms with Gasteiger partial charge in [-0.25, -0.2) is 0 Å². The van der Waals surface area contributed by atoms with Gasteiger partial charge in [-0.1, -0.05) is 35.9 Å². The molecule has 0 radical (unpaired) electrons. The summed E-state index contributed by atoms with van der Waals surface area (Å²) in [5.74, 6) is -1.05. The van der Waals surface area contributed by atoms with Crippen molar-refractivity contribution in [2.45, 2.75) is 6.18 Å². The largest absolute Gasteiger partial charge is 0.418 e. The first-order valence-electron chi connectivity index (χ1n) is 9.10. The molecule has 0 unspecified atom stereocenters. The lowest BCUT2D eigenvalue weighted by atomic mass is 10.1. The van der Waals surface area contributed by atoms with Gasteiger partial charge in [0.2, 0.25) is 5.91 Å². The standard InChI is InChI=1S/C22H17ClF3N3O2/c23-15-11-9-14(10-12-15)21(31)29-19-8-4-3-7-18(19)27-13-20(30)28-17-6-2-1-5-16(17)22(24,25)26/h1-12,27H,13H2,(H,28,30)(H,29,31). The minimum absolute atomic E-state index is 0.306. The molecule has 0 heterocycles. The Morgan fingerprint density at radius 3 is 2.00 bits per heavy atom.